The van der Waals surface area contributed by atoms with Crippen molar-refractivity contribution in [3.05, 3.63) is 33.2 Å². The second-order valence-electron chi connectivity index (χ2n) is 9.38. The van der Waals surface area contributed by atoms with E-state index in [1.54, 1.807) is 13.0 Å². The first-order valence-corrected chi connectivity index (χ1v) is 10.8. The molecule has 8 nitrogen and oxygen atoms in total. The summed E-state index contributed by atoms with van der Waals surface area (Å²) in [5.74, 6) is -0.453. The molecule has 174 valence electrons. The zero-order valence-electron chi connectivity index (χ0n) is 19.5. The molecule has 1 aliphatic heterocycles. The smallest absolute Gasteiger partial charge is 0.340 e. The first-order valence-electron chi connectivity index (χ1n) is 10.8. The van der Waals surface area contributed by atoms with Crippen LogP contribution in [0, 0.1) is 12.8 Å². The van der Waals surface area contributed by atoms with Gasteiger partial charge in [-0.2, -0.15) is 0 Å². The zero-order valence-corrected chi connectivity index (χ0v) is 19.5. The number of fused-ring (bicyclic) bond motifs is 3. The third-order valence-electron chi connectivity index (χ3n) is 5.84. The topological polar surface area (TPSA) is 115 Å². The summed E-state index contributed by atoms with van der Waals surface area (Å²) in [6, 6.07) is 0.774. The molecule has 0 saturated heterocycles. The Morgan fingerprint density at radius 3 is 2.59 bits per heavy atom. The molecule has 0 aliphatic carbocycles. The van der Waals surface area contributed by atoms with Crippen molar-refractivity contribution in [2.45, 2.75) is 71.9 Å². The van der Waals surface area contributed by atoms with Crippen molar-refractivity contribution in [3.8, 4) is 11.5 Å². The first kappa shape index (κ1) is 23.6. The van der Waals surface area contributed by atoms with Crippen LogP contribution in [0.5, 0.6) is 11.5 Å². The lowest BCUT2D eigenvalue weighted by Crippen LogP contribution is -2.42. The van der Waals surface area contributed by atoms with Gasteiger partial charge in [0.05, 0.1) is 24.5 Å². The van der Waals surface area contributed by atoms with Crippen LogP contribution in [0.3, 0.4) is 0 Å². The van der Waals surface area contributed by atoms with Gasteiger partial charge in [0.15, 0.2) is 0 Å². The number of carboxylic acid groups (broad SMARTS) is 1. The average Bonchev–Trinajstić information content (AvgIpc) is 2.68. The highest BCUT2D eigenvalue weighted by Gasteiger charge is 2.31. The second-order valence-corrected chi connectivity index (χ2v) is 9.38. The maximum Gasteiger partial charge on any atom is 0.340 e. The van der Waals surface area contributed by atoms with Gasteiger partial charge in [-0.1, -0.05) is 13.8 Å². The number of carboxylic acids is 1. The average molecular weight is 446 g/mol. The summed E-state index contributed by atoms with van der Waals surface area (Å²) in [4.78, 5) is 36.9. The Bertz CT molecular complexity index is 1110. The van der Waals surface area contributed by atoms with E-state index in [2.05, 4.69) is 5.32 Å². The van der Waals surface area contributed by atoms with Gasteiger partial charge < -0.3 is 24.3 Å². The van der Waals surface area contributed by atoms with Crippen molar-refractivity contribution in [2.24, 2.45) is 5.92 Å². The molecule has 8 heteroatoms. The van der Waals surface area contributed by atoms with Crippen molar-refractivity contribution >= 4 is 22.8 Å². The second kappa shape index (κ2) is 8.84. The molecule has 1 aromatic heterocycles. The molecule has 2 N–H and O–H groups in total. The lowest BCUT2D eigenvalue weighted by molar-refractivity contribution is -0.142. The van der Waals surface area contributed by atoms with Crippen LogP contribution in [0.1, 0.15) is 57.2 Å². The van der Waals surface area contributed by atoms with Crippen LogP contribution in [0.25, 0.3) is 11.0 Å². The van der Waals surface area contributed by atoms with Crippen LogP contribution in [-0.4, -0.2) is 35.7 Å². The number of carbonyl (C=O) groups excluding carboxylic acids is 1. The Balaban J connectivity index is 2.02. The van der Waals surface area contributed by atoms with E-state index >= 15 is 0 Å². The molecule has 2 aromatic rings. The molecular weight excluding hydrogens is 414 g/mol. The van der Waals surface area contributed by atoms with Gasteiger partial charge >= 0.3 is 11.6 Å². The van der Waals surface area contributed by atoms with E-state index in [1.807, 2.05) is 27.7 Å². The van der Waals surface area contributed by atoms with Crippen LogP contribution < -0.4 is 20.4 Å². The summed E-state index contributed by atoms with van der Waals surface area (Å²) in [5.41, 5.74) is 1.01. The van der Waals surface area contributed by atoms with Gasteiger partial charge in [0, 0.05) is 11.6 Å². The van der Waals surface area contributed by atoms with E-state index in [4.69, 9.17) is 13.9 Å². The largest absolute Gasteiger partial charge is 0.496 e. The minimum Gasteiger partial charge on any atom is -0.496 e. The summed E-state index contributed by atoms with van der Waals surface area (Å²) in [6.45, 7) is 9.50. The predicted molar refractivity (Wildman–Crippen MR) is 120 cm³/mol. The van der Waals surface area contributed by atoms with Crippen LogP contribution in [-0.2, 0) is 22.4 Å². The van der Waals surface area contributed by atoms with Crippen LogP contribution in [0.4, 0.5) is 0 Å². The number of carbonyl (C=O) groups is 2. The molecule has 0 bridgehead atoms. The molecule has 3 rings (SSSR count). The molecule has 1 amide bonds. The van der Waals surface area contributed by atoms with Crippen LogP contribution in [0.2, 0.25) is 0 Å². The van der Waals surface area contributed by atoms with Gasteiger partial charge in [-0.15, -0.1) is 0 Å². The Kier molecular flexibility index (Phi) is 6.53. The summed E-state index contributed by atoms with van der Waals surface area (Å²) in [5, 5.41) is 12.5. The number of methoxy groups -OCH3 is 1. The minimum atomic E-state index is -1.11. The minimum absolute atomic E-state index is 0.0894. The van der Waals surface area contributed by atoms with Crippen molar-refractivity contribution in [2.75, 3.05) is 7.11 Å². The molecule has 0 saturated carbocycles. The van der Waals surface area contributed by atoms with E-state index in [0.717, 1.165) is 12.0 Å². The highest BCUT2D eigenvalue weighted by Crippen LogP contribution is 2.43. The zero-order chi connectivity index (χ0) is 23.8. The summed E-state index contributed by atoms with van der Waals surface area (Å²) in [7, 11) is 1.52. The molecule has 1 unspecified atom stereocenters. The number of nitrogens with one attached hydrogen (secondary N) is 1. The van der Waals surface area contributed by atoms with Crippen molar-refractivity contribution in [1.82, 2.24) is 5.32 Å². The van der Waals surface area contributed by atoms with Crippen molar-refractivity contribution < 1.29 is 28.6 Å². The lowest BCUT2D eigenvalue weighted by Gasteiger charge is -2.33. The Morgan fingerprint density at radius 2 is 2.00 bits per heavy atom. The van der Waals surface area contributed by atoms with E-state index in [1.165, 1.54) is 7.11 Å². The number of hydrogen-bond acceptors (Lipinski definition) is 6. The van der Waals surface area contributed by atoms with E-state index < -0.39 is 23.5 Å². The van der Waals surface area contributed by atoms with Crippen molar-refractivity contribution in [3.63, 3.8) is 0 Å². The highest BCUT2D eigenvalue weighted by atomic mass is 16.5. The summed E-state index contributed by atoms with van der Waals surface area (Å²) in [6.07, 6.45) is 1.46. The number of rotatable bonds is 7. The van der Waals surface area contributed by atoms with E-state index in [-0.39, 0.29) is 23.5 Å². The SMILES string of the molecule is COc1cc2c(c3oc(=O)c(CC(=O)NC(CC(C)C)C(=O)O)c(C)c13)CCC(C)(C)O2. The third-order valence-corrected chi connectivity index (χ3v) is 5.84. The standard InChI is InChI=1S/C24H31NO7/c1-12(2)9-16(22(27)28)25-19(26)10-15-13(3)20-18(30-6)11-17-14(21(20)31-23(15)29)7-8-24(4,5)32-17/h11-12,16H,7-10H2,1-6H3,(H,25,26)(H,27,28). The first-order chi connectivity index (χ1) is 14.9. The summed E-state index contributed by atoms with van der Waals surface area (Å²) < 4.78 is 17.3. The lowest BCUT2D eigenvalue weighted by atomic mass is 9.91. The molecule has 0 spiro atoms. The van der Waals surface area contributed by atoms with E-state index in [0.29, 0.717) is 40.9 Å². The molecule has 1 aliphatic rings. The van der Waals surface area contributed by atoms with Gasteiger partial charge in [-0.25, -0.2) is 9.59 Å². The fourth-order valence-electron chi connectivity index (χ4n) is 4.15. The van der Waals surface area contributed by atoms with Crippen LogP contribution in [0.15, 0.2) is 15.3 Å². The fourth-order valence-corrected chi connectivity index (χ4v) is 4.15. The number of amides is 1. The molecule has 1 atom stereocenters. The molecule has 0 fully saturated rings. The maximum atomic E-state index is 12.9. The molecule has 2 heterocycles. The van der Waals surface area contributed by atoms with E-state index in [9.17, 15) is 19.5 Å². The quantitative estimate of drug-likeness (QED) is 0.628. The van der Waals surface area contributed by atoms with Gasteiger partial charge in [-0.3, -0.25) is 4.79 Å². The normalized spacial score (nSPS) is 15.7. The number of aryl methyl sites for hydroxylation is 2. The monoisotopic (exact) mass is 445 g/mol. The predicted octanol–water partition coefficient (Wildman–Crippen LogP) is 3.37. The van der Waals surface area contributed by atoms with Crippen LogP contribution >= 0.6 is 0 Å². The third kappa shape index (κ3) is 4.74. The fraction of sp³-hybridized carbons (Fsp3) is 0.542. The molecule has 0 radical (unpaired) electrons. The van der Waals surface area contributed by atoms with Gasteiger partial charge in [-0.05, 0) is 51.5 Å². The number of aliphatic carboxylic acids is 1. The van der Waals surface area contributed by atoms with Gasteiger partial charge in [0.2, 0.25) is 5.91 Å². The molecule has 32 heavy (non-hydrogen) atoms. The van der Waals surface area contributed by atoms with Gasteiger partial charge in [0.1, 0.15) is 28.7 Å². The van der Waals surface area contributed by atoms with Gasteiger partial charge in [0.25, 0.3) is 0 Å². The summed E-state index contributed by atoms with van der Waals surface area (Å²) >= 11 is 0. The maximum absolute atomic E-state index is 12.9. The number of benzene rings is 1. The number of hydrogen-bond donors (Lipinski definition) is 2. The number of ether oxygens (including phenoxy) is 2. The Hall–Kier alpha value is -3.03. The Labute approximate surface area is 186 Å². The van der Waals surface area contributed by atoms with Crippen molar-refractivity contribution in [1.29, 1.82) is 0 Å². The molecular formula is C24H31NO7. The Morgan fingerprint density at radius 1 is 1.31 bits per heavy atom. The molecule has 1 aromatic carbocycles. The highest BCUT2D eigenvalue weighted by molar-refractivity contribution is 5.93.